The highest BCUT2D eigenvalue weighted by Gasteiger charge is 2.49. The number of likely N-dealkylation sites (tertiary alicyclic amines) is 1. The Hall–Kier alpha value is -1.98. The van der Waals surface area contributed by atoms with Gasteiger partial charge in [-0.3, -0.25) is 4.79 Å². The number of fused-ring (bicyclic) bond motifs is 1. The molecule has 22 heavy (non-hydrogen) atoms. The average molecular weight is 309 g/mol. The topological polar surface area (TPSA) is 57.6 Å². The van der Waals surface area contributed by atoms with Gasteiger partial charge in [0.25, 0.3) is 0 Å². The van der Waals surface area contributed by atoms with E-state index in [1.54, 1.807) is 0 Å². The normalized spacial score (nSPS) is 27.0. The van der Waals surface area contributed by atoms with Gasteiger partial charge in [-0.05, 0) is 42.9 Å². The van der Waals surface area contributed by atoms with Gasteiger partial charge in [-0.15, -0.1) is 0 Å². The van der Waals surface area contributed by atoms with Crippen LogP contribution in [0.2, 0.25) is 0 Å². The third kappa shape index (κ3) is 2.58. The smallest absolute Gasteiger partial charge is 0.326 e. The van der Waals surface area contributed by atoms with Gasteiger partial charge >= 0.3 is 5.97 Å². The summed E-state index contributed by atoms with van der Waals surface area (Å²) < 4.78 is 26.8. The van der Waals surface area contributed by atoms with Crippen molar-refractivity contribution in [2.45, 2.75) is 31.7 Å². The van der Waals surface area contributed by atoms with Gasteiger partial charge in [-0.2, -0.15) is 0 Å². The van der Waals surface area contributed by atoms with E-state index < -0.39 is 29.6 Å². The summed E-state index contributed by atoms with van der Waals surface area (Å²) in [7, 11) is 0. The molecule has 6 heteroatoms. The van der Waals surface area contributed by atoms with Crippen molar-refractivity contribution in [1.82, 2.24) is 4.90 Å². The number of amides is 1. The second-order valence-corrected chi connectivity index (χ2v) is 6.10. The SMILES string of the molecule is O=C(O)C1C2CCCC2CN1C(=O)Cc1cc(F)ccc1F. The van der Waals surface area contributed by atoms with E-state index in [9.17, 15) is 23.5 Å². The summed E-state index contributed by atoms with van der Waals surface area (Å²) >= 11 is 0. The Kier molecular flexibility index (Phi) is 3.85. The van der Waals surface area contributed by atoms with Crippen LogP contribution in [0.25, 0.3) is 0 Å². The average Bonchev–Trinajstić information content (AvgIpc) is 3.02. The summed E-state index contributed by atoms with van der Waals surface area (Å²) in [5.74, 6) is -2.53. The first kappa shape index (κ1) is 14.9. The van der Waals surface area contributed by atoms with Gasteiger partial charge < -0.3 is 10.0 Å². The highest BCUT2D eigenvalue weighted by atomic mass is 19.1. The Morgan fingerprint density at radius 1 is 1.27 bits per heavy atom. The first-order chi connectivity index (χ1) is 10.5. The van der Waals surface area contributed by atoms with Crippen LogP contribution in [0.4, 0.5) is 8.78 Å². The number of halogens is 2. The van der Waals surface area contributed by atoms with Crippen molar-refractivity contribution in [3.8, 4) is 0 Å². The van der Waals surface area contributed by atoms with Crippen molar-refractivity contribution < 1.29 is 23.5 Å². The Morgan fingerprint density at radius 2 is 2.05 bits per heavy atom. The molecule has 1 heterocycles. The molecular formula is C16H17F2NO3. The predicted molar refractivity (Wildman–Crippen MR) is 74.0 cm³/mol. The lowest BCUT2D eigenvalue weighted by atomic mass is 9.94. The molecule has 0 bridgehead atoms. The number of rotatable bonds is 3. The molecule has 118 valence electrons. The molecule has 1 saturated carbocycles. The molecule has 2 fully saturated rings. The maximum absolute atomic E-state index is 13.6. The van der Waals surface area contributed by atoms with Crippen LogP contribution >= 0.6 is 0 Å². The number of carbonyl (C=O) groups is 2. The molecule has 3 atom stereocenters. The third-order valence-corrected chi connectivity index (χ3v) is 4.81. The standard InChI is InChI=1S/C16H17F2NO3/c17-11-4-5-13(18)10(6-11)7-14(20)19-8-9-2-1-3-12(9)15(19)16(21)22/h4-6,9,12,15H,1-3,7-8H2,(H,21,22). The Morgan fingerprint density at radius 3 is 2.77 bits per heavy atom. The molecule has 1 aliphatic carbocycles. The van der Waals surface area contributed by atoms with Crippen LogP contribution in [-0.2, 0) is 16.0 Å². The summed E-state index contributed by atoms with van der Waals surface area (Å²) in [5.41, 5.74) is -0.0359. The van der Waals surface area contributed by atoms with E-state index in [2.05, 4.69) is 0 Å². The van der Waals surface area contributed by atoms with Crippen LogP contribution in [0.15, 0.2) is 18.2 Å². The summed E-state index contributed by atoms with van der Waals surface area (Å²) in [5, 5.41) is 9.42. The summed E-state index contributed by atoms with van der Waals surface area (Å²) in [6, 6.07) is 2.12. The van der Waals surface area contributed by atoms with E-state index in [4.69, 9.17) is 0 Å². The van der Waals surface area contributed by atoms with E-state index in [0.717, 1.165) is 37.5 Å². The molecule has 0 radical (unpaired) electrons. The van der Waals surface area contributed by atoms with Gasteiger partial charge in [0.15, 0.2) is 0 Å². The molecule has 3 unspecified atom stereocenters. The second-order valence-electron chi connectivity index (χ2n) is 6.10. The molecule has 1 aromatic rings. The lowest BCUT2D eigenvalue weighted by Crippen LogP contribution is -2.44. The Labute approximate surface area is 126 Å². The number of nitrogens with zero attached hydrogens (tertiary/aromatic N) is 1. The Bertz CT molecular complexity index is 619. The largest absolute Gasteiger partial charge is 0.480 e. The van der Waals surface area contributed by atoms with Crippen molar-refractivity contribution in [3.63, 3.8) is 0 Å². The fraction of sp³-hybridized carbons (Fsp3) is 0.500. The molecule has 1 saturated heterocycles. The van der Waals surface area contributed by atoms with E-state index >= 15 is 0 Å². The van der Waals surface area contributed by atoms with Gasteiger partial charge in [0.1, 0.15) is 17.7 Å². The minimum Gasteiger partial charge on any atom is -0.480 e. The fourth-order valence-corrected chi connectivity index (χ4v) is 3.82. The van der Waals surface area contributed by atoms with E-state index in [1.807, 2.05) is 0 Å². The minimum absolute atomic E-state index is 0.0150. The van der Waals surface area contributed by atoms with Crippen molar-refractivity contribution >= 4 is 11.9 Å². The summed E-state index contributed by atoms with van der Waals surface area (Å²) in [6.45, 7) is 0.400. The zero-order valence-corrected chi connectivity index (χ0v) is 12.0. The number of aliphatic carboxylic acids is 1. The first-order valence-corrected chi connectivity index (χ1v) is 7.43. The zero-order valence-electron chi connectivity index (χ0n) is 12.0. The van der Waals surface area contributed by atoms with Crippen LogP contribution in [0.5, 0.6) is 0 Å². The number of benzene rings is 1. The first-order valence-electron chi connectivity index (χ1n) is 7.43. The number of hydrogen-bond donors (Lipinski definition) is 1. The van der Waals surface area contributed by atoms with Crippen LogP contribution in [0.1, 0.15) is 24.8 Å². The lowest BCUT2D eigenvalue weighted by Gasteiger charge is -2.24. The summed E-state index contributed by atoms with van der Waals surface area (Å²) in [6.07, 6.45) is 2.40. The van der Waals surface area contributed by atoms with Gasteiger partial charge in [-0.1, -0.05) is 6.42 Å². The van der Waals surface area contributed by atoms with E-state index in [1.165, 1.54) is 4.90 Å². The molecule has 1 N–H and O–H groups in total. The van der Waals surface area contributed by atoms with Crippen LogP contribution in [0.3, 0.4) is 0 Å². The molecule has 0 aromatic heterocycles. The highest BCUT2D eigenvalue weighted by molar-refractivity contribution is 5.86. The maximum Gasteiger partial charge on any atom is 0.326 e. The number of carbonyl (C=O) groups excluding carboxylic acids is 1. The van der Waals surface area contributed by atoms with Crippen LogP contribution in [0, 0.1) is 23.5 Å². The van der Waals surface area contributed by atoms with E-state index in [-0.39, 0.29) is 23.8 Å². The molecular weight excluding hydrogens is 292 g/mol. The maximum atomic E-state index is 13.6. The highest BCUT2D eigenvalue weighted by Crippen LogP contribution is 2.42. The molecule has 0 spiro atoms. The monoisotopic (exact) mass is 309 g/mol. The molecule has 1 amide bonds. The number of carboxylic acid groups (broad SMARTS) is 1. The zero-order chi connectivity index (χ0) is 15.9. The molecule has 1 aliphatic heterocycles. The lowest BCUT2D eigenvalue weighted by molar-refractivity contribution is -0.149. The van der Waals surface area contributed by atoms with Gasteiger partial charge in [0, 0.05) is 12.1 Å². The minimum atomic E-state index is -1.01. The molecule has 2 aliphatic rings. The third-order valence-electron chi connectivity index (χ3n) is 4.81. The van der Waals surface area contributed by atoms with Gasteiger partial charge in [0.05, 0.1) is 6.42 Å². The predicted octanol–water partition coefficient (Wildman–Crippen LogP) is 2.22. The van der Waals surface area contributed by atoms with Gasteiger partial charge in [0.2, 0.25) is 5.91 Å². The fourth-order valence-electron chi connectivity index (χ4n) is 3.82. The van der Waals surface area contributed by atoms with Crippen molar-refractivity contribution in [2.24, 2.45) is 11.8 Å². The van der Waals surface area contributed by atoms with Crippen LogP contribution in [-0.4, -0.2) is 34.5 Å². The number of carboxylic acids is 1. The van der Waals surface area contributed by atoms with E-state index in [0.29, 0.717) is 6.54 Å². The molecule has 4 nitrogen and oxygen atoms in total. The summed E-state index contributed by atoms with van der Waals surface area (Å²) in [4.78, 5) is 25.2. The quantitative estimate of drug-likeness (QED) is 0.931. The van der Waals surface area contributed by atoms with Crippen LogP contribution < -0.4 is 0 Å². The van der Waals surface area contributed by atoms with Crippen molar-refractivity contribution in [1.29, 1.82) is 0 Å². The Balaban J connectivity index is 1.79. The second kappa shape index (κ2) is 5.66. The molecule has 1 aromatic carbocycles. The van der Waals surface area contributed by atoms with Crippen molar-refractivity contribution in [2.75, 3.05) is 6.54 Å². The molecule has 3 rings (SSSR count). The number of hydrogen-bond acceptors (Lipinski definition) is 2. The van der Waals surface area contributed by atoms with Gasteiger partial charge in [-0.25, -0.2) is 13.6 Å². The van der Waals surface area contributed by atoms with Crippen molar-refractivity contribution in [3.05, 3.63) is 35.4 Å².